The zero-order valence-electron chi connectivity index (χ0n) is 14.5. The number of hydrogen-bond donors (Lipinski definition) is 3. The molecule has 25 heavy (non-hydrogen) atoms. The smallest absolute Gasteiger partial charge is 0.256 e. The lowest BCUT2D eigenvalue weighted by molar-refractivity contribution is 0.102. The summed E-state index contributed by atoms with van der Waals surface area (Å²) in [5.74, 6) is 0.0908. The molecule has 0 spiro atoms. The second-order valence-corrected chi connectivity index (χ2v) is 9.00. The van der Waals surface area contributed by atoms with Crippen LogP contribution < -0.4 is 10.0 Å². The molecule has 0 aliphatic heterocycles. The van der Waals surface area contributed by atoms with Gasteiger partial charge < -0.3 is 5.32 Å². The minimum absolute atomic E-state index is 0.0460. The summed E-state index contributed by atoms with van der Waals surface area (Å²) >= 11 is 0. The van der Waals surface area contributed by atoms with E-state index < -0.39 is 10.0 Å². The number of aromatic nitrogens is 2. The van der Waals surface area contributed by atoms with E-state index in [2.05, 4.69) is 20.2 Å². The average Bonchev–Trinajstić information content (AvgIpc) is 3.19. The molecule has 1 fully saturated rings. The van der Waals surface area contributed by atoms with Gasteiger partial charge in [0.1, 0.15) is 0 Å². The lowest BCUT2D eigenvalue weighted by atomic mass is 9.92. The largest absolute Gasteiger partial charge is 0.305 e. The Balaban J connectivity index is 1.69. The number of nitrogens with one attached hydrogen (secondary N) is 3. The van der Waals surface area contributed by atoms with E-state index in [0.29, 0.717) is 11.4 Å². The number of amides is 1. The van der Waals surface area contributed by atoms with Crippen LogP contribution in [0.2, 0.25) is 0 Å². The highest BCUT2D eigenvalue weighted by molar-refractivity contribution is 7.89. The Morgan fingerprint density at radius 1 is 1.20 bits per heavy atom. The van der Waals surface area contributed by atoms with E-state index in [1.165, 1.54) is 24.3 Å². The third kappa shape index (κ3) is 4.26. The molecule has 3 rings (SSSR count). The second-order valence-electron chi connectivity index (χ2n) is 7.29. The first kappa shape index (κ1) is 17.6. The molecule has 7 nitrogen and oxygen atoms in total. The van der Waals surface area contributed by atoms with Crippen molar-refractivity contribution in [3.05, 3.63) is 41.6 Å². The van der Waals surface area contributed by atoms with Crippen LogP contribution in [-0.2, 0) is 15.4 Å². The minimum atomic E-state index is -3.51. The molecule has 0 radical (unpaired) electrons. The molecule has 1 aliphatic rings. The summed E-state index contributed by atoms with van der Waals surface area (Å²) < 4.78 is 26.9. The Hall–Kier alpha value is -2.19. The van der Waals surface area contributed by atoms with E-state index in [0.717, 1.165) is 18.5 Å². The van der Waals surface area contributed by atoms with Crippen LogP contribution in [0.25, 0.3) is 0 Å². The van der Waals surface area contributed by atoms with Crippen LogP contribution in [0, 0.1) is 0 Å². The minimum Gasteiger partial charge on any atom is -0.305 e. The summed E-state index contributed by atoms with van der Waals surface area (Å²) in [5, 5.41) is 9.69. The third-order valence-electron chi connectivity index (χ3n) is 3.95. The molecule has 0 atom stereocenters. The second kappa shape index (κ2) is 6.27. The number of sulfonamides is 1. The van der Waals surface area contributed by atoms with Gasteiger partial charge in [-0.05, 0) is 37.1 Å². The fourth-order valence-electron chi connectivity index (χ4n) is 2.23. The molecule has 1 heterocycles. The highest BCUT2D eigenvalue weighted by atomic mass is 32.2. The summed E-state index contributed by atoms with van der Waals surface area (Å²) in [7, 11) is -3.51. The number of benzene rings is 1. The average molecular weight is 362 g/mol. The van der Waals surface area contributed by atoms with Gasteiger partial charge in [0.25, 0.3) is 5.91 Å². The first-order valence-corrected chi connectivity index (χ1v) is 9.63. The predicted molar refractivity (Wildman–Crippen MR) is 95.0 cm³/mol. The highest BCUT2D eigenvalue weighted by Gasteiger charge is 2.28. The molecule has 1 aromatic heterocycles. The molecule has 0 unspecified atom stereocenters. The van der Waals surface area contributed by atoms with Crippen molar-refractivity contribution in [1.29, 1.82) is 0 Å². The number of anilines is 1. The fourth-order valence-corrected chi connectivity index (χ4v) is 3.54. The van der Waals surface area contributed by atoms with E-state index >= 15 is 0 Å². The van der Waals surface area contributed by atoms with Crippen molar-refractivity contribution in [2.75, 3.05) is 5.32 Å². The molecule has 1 aromatic carbocycles. The van der Waals surface area contributed by atoms with Crippen LogP contribution in [0.5, 0.6) is 0 Å². The standard InChI is InChI=1S/C17H22N4O3S/c1-17(2,3)14-10-15(20-19-14)18-16(22)11-4-8-13(9-5-11)25(23,24)21-12-6-7-12/h4-5,8-10,12,21H,6-7H2,1-3H3,(H2,18,19,20,22). The molecule has 0 bridgehead atoms. The maximum atomic E-state index is 12.3. The quantitative estimate of drug-likeness (QED) is 0.760. The highest BCUT2D eigenvalue weighted by Crippen LogP contribution is 2.23. The van der Waals surface area contributed by atoms with Gasteiger partial charge in [0.05, 0.1) is 4.90 Å². The number of H-pyrrole nitrogens is 1. The van der Waals surface area contributed by atoms with E-state index in [-0.39, 0.29) is 22.3 Å². The monoisotopic (exact) mass is 362 g/mol. The fraction of sp³-hybridized carbons (Fsp3) is 0.412. The van der Waals surface area contributed by atoms with Crippen molar-refractivity contribution in [3.8, 4) is 0 Å². The molecule has 8 heteroatoms. The number of nitrogens with zero attached hydrogens (tertiary/aromatic N) is 1. The van der Waals surface area contributed by atoms with E-state index in [1.807, 2.05) is 20.8 Å². The summed E-state index contributed by atoms with van der Waals surface area (Å²) in [6, 6.07) is 7.69. The van der Waals surface area contributed by atoms with Gasteiger partial charge in [-0.2, -0.15) is 5.10 Å². The van der Waals surface area contributed by atoms with Crippen molar-refractivity contribution >= 4 is 21.7 Å². The summed E-state index contributed by atoms with van der Waals surface area (Å²) in [6.07, 6.45) is 1.75. The molecular weight excluding hydrogens is 340 g/mol. The van der Waals surface area contributed by atoms with Crippen molar-refractivity contribution in [2.24, 2.45) is 0 Å². The summed E-state index contributed by atoms with van der Waals surface area (Å²) in [6.45, 7) is 6.13. The number of hydrogen-bond acceptors (Lipinski definition) is 4. The first-order valence-electron chi connectivity index (χ1n) is 8.15. The van der Waals surface area contributed by atoms with Crippen molar-refractivity contribution < 1.29 is 13.2 Å². The molecular formula is C17H22N4O3S. The molecule has 1 amide bonds. The maximum Gasteiger partial charge on any atom is 0.256 e. The summed E-state index contributed by atoms with van der Waals surface area (Å²) in [5.41, 5.74) is 1.18. The first-order chi connectivity index (χ1) is 11.6. The third-order valence-corrected chi connectivity index (χ3v) is 5.49. The maximum absolute atomic E-state index is 12.3. The number of aromatic amines is 1. The molecule has 134 valence electrons. The number of carbonyl (C=O) groups is 1. The number of rotatable bonds is 5. The Kier molecular flexibility index (Phi) is 4.42. The van der Waals surface area contributed by atoms with Crippen molar-refractivity contribution in [2.45, 2.75) is 50.0 Å². The van der Waals surface area contributed by atoms with Crippen molar-refractivity contribution in [3.63, 3.8) is 0 Å². The van der Waals surface area contributed by atoms with Gasteiger partial charge in [-0.15, -0.1) is 0 Å². The molecule has 1 aliphatic carbocycles. The molecule has 1 saturated carbocycles. The van der Waals surface area contributed by atoms with Crippen LogP contribution >= 0.6 is 0 Å². The van der Waals surface area contributed by atoms with E-state index in [9.17, 15) is 13.2 Å². The predicted octanol–water partition coefficient (Wildman–Crippen LogP) is 2.40. The normalized spacial score (nSPS) is 15.2. The molecule has 0 saturated heterocycles. The van der Waals surface area contributed by atoms with Crippen molar-refractivity contribution in [1.82, 2.24) is 14.9 Å². The Morgan fingerprint density at radius 3 is 2.36 bits per heavy atom. The van der Waals surface area contributed by atoms with Gasteiger partial charge in [-0.1, -0.05) is 20.8 Å². The zero-order chi connectivity index (χ0) is 18.2. The van der Waals surface area contributed by atoms with Gasteiger partial charge in [0.15, 0.2) is 5.82 Å². The van der Waals surface area contributed by atoms with Gasteiger partial charge >= 0.3 is 0 Å². The Morgan fingerprint density at radius 2 is 1.84 bits per heavy atom. The lowest BCUT2D eigenvalue weighted by Crippen LogP contribution is -2.25. The SMILES string of the molecule is CC(C)(C)c1cc(NC(=O)c2ccc(S(=O)(=O)NC3CC3)cc2)n[nH]1. The van der Waals surface area contributed by atoms with Crippen LogP contribution in [0.1, 0.15) is 49.7 Å². The van der Waals surface area contributed by atoms with Crippen LogP contribution in [0.3, 0.4) is 0 Å². The zero-order valence-corrected chi connectivity index (χ0v) is 15.3. The molecule has 3 N–H and O–H groups in total. The summed E-state index contributed by atoms with van der Waals surface area (Å²) in [4.78, 5) is 12.4. The lowest BCUT2D eigenvalue weighted by Gasteiger charge is -2.14. The Labute approximate surface area is 147 Å². The molecule has 2 aromatic rings. The van der Waals surface area contributed by atoms with Gasteiger partial charge in [0.2, 0.25) is 10.0 Å². The topological polar surface area (TPSA) is 104 Å². The number of carbonyl (C=O) groups excluding carboxylic acids is 1. The van der Waals surface area contributed by atoms with Gasteiger partial charge in [-0.3, -0.25) is 9.89 Å². The Bertz CT molecular complexity index is 875. The van der Waals surface area contributed by atoms with E-state index in [1.54, 1.807) is 6.07 Å². The van der Waals surface area contributed by atoms with Crippen LogP contribution in [0.15, 0.2) is 35.2 Å². The van der Waals surface area contributed by atoms with Crippen LogP contribution in [0.4, 0.5) is 5.82 Å². The van der Waals surface area contributed by atoms with E-state index in [4.69, 9.17) is 0 Å². The van der Waals surface area contributed by atoms with Crippen LogP contribution in [-0.4, -0.2) is 30.6 Å². The van der Waals surface area contributed by atoms with Gasteiger partial charge in [0, 0.05) is 28.8 Å². The van der Waals surface area contributed by atoms with Gasteiger partial charge in [-0.25, -0.2) is 13.1 Å².